The van der Waals surface area contributed by atoms with Crippen molar-refractivity contribution >= 4 is 46.2 Å². The average molecular weight is 366 g/mol. The first-order chi connectivity index (χ1) is 11.5. The quantitative estimate of drug-likeness (QED) is 0.733. The van der Waals surface area contributed by atoms with Gasteiger partial charge >= 0.3 is 0 Å². The molecular weight excluding hydrogens is 345 g/mol. The third-order valence-electron chi connectivity index (χ3n) is 3.67. The van der Waals surface area contributed by atoms with Gasteiger partial charge in [-0.1, -0.05) is 29.3 Å². The molecule has 4 nitrogen and oxygen atoms in total. The molecule has 0 unspecified atom stereocenters. The maximum absolute atomic E-state index is 12.1. The highest BCUT2D eigenvalue weighted by atomic mass is 35.5. The van der Waals surface area contributed by atoms with Crippen LogP contribution in [-0.2, 0) is 4.79 Å². The minimum atomic E-state index is -0.151. The molecule has 128 valence electrons. The fourth-order valence-corrected chi connectivity index (χ4v) is 2.73. The molecule has 2 rings (SSSR count). The highest BCUT2D eigenvalue weighted by molar-refractivity contribution is 6.43. The highest BCUT2D eigenvalue weighted by Crippen LogP contribution is 2.29. The largest absolute Gasteiger partial charge is 0.375 e. The van der Waals surface area contributed by atoms with Gasteiger partial charge in [-0.2, -0.15) is 0 Å². The molecule has 0 atom stereocenters. The topological polar surface area (TPSA) is 44.4 Å². The summed E-state index contributed by atoms with van der Waals surface area (Å²) in [5, 5.41) is 6.70. The van der Waals surface area contributed by atoms with Crippen molar-refractivity contribution in [2.24, 2.45) is 0 Å². The lowest BCUT2D eigenvalue weighted by molar-refractivity contribution is -0.114. The summed E-state index contributed by atoms with van der Waals surface area (Å²) in [4.78, 5) is 14.3. The molecular formula is C18H21Cl2N3O. The van der Waals surface area contributed by atoms with Crippen LogP contribution in [0.5, 0.6) is 0 Å². The number of nitrogens with one attached hydrogen (secondary N) is 2. The molecule has 0 aliphatic carbocycles. The number of carbonyl (C=O) groups is 1. The van der Waals surface area contributed by atoms with Crippen molar-refractivity contribution in [2.75, 3.05) is 35.2 Å². The van der Waals surface area contributed by atoms with Crippen LogP contribution in [0.3, 0.4) is 0 Å². The van der Waals surface area contributed by atoms with E-state index in [-0.39, 0.29) is 12.5 Å². The van der Waals surface area contributed by atoms with Gasteiger partial charge in [0.25, 0.3) is 0 Å². The predicted molar refractivity (Wildman–Crippen MR) is 104 cm³/mol. The number of rotatable bonds is 7. The van der Waals surface area contributed by atoms with E-state index >= 15 is 0 Å². The Balaban J connectivity index is 1.91. The molecule has 2 N–H and O–H groups in total. The molecule has 0 bridgehead atoms. The number of halogens is 2. The predicted octanol–water partition coefficient (Wildman–Crippen LogP) is 4.89. The summed E-state index contributed by atoms with van der Waals surface area (Å²) in [6.07, 6.45) is 0. The molecule has 0 radical (unpaired) electrons. The normalized spacial score (nSPS) is 10.3. The summed E-state index contributed by atoms with van der Waals surface area (Å²) < 4.78 is 0. The van der Waals surface area contributed by atoms with Crippen LogP contribution in [0.15, 0.2) is 42.5 Å². The van der Waals surface area contributed by atoms with Crippen molar-refractivity contribution in [1.82, 2.24) is 0 Å². The number of nitrogens with zero attached hydrogens (tertiary/aromatic N) is 1. The molecule has 0 heterocycles. The zero-order valence-electron chi connectivity index (χ0n) is 13.8. The number of amides is 1. The Kier molecular flexibility index (Phi) is 6.76. The smallest absolute Gasteiger partial charge is 0.243 e. The van der Waals surface area contributed by atoms with Crippen LogP contribution in [0.2, 0.25) is 10.0 Å². The van der Waals surface area contributed by atoms with E-state index in [4.69, 9.17) is 23.2 Å². The Morgan fingerprint density at radius 3 is 2.33 bits per heavy atom. The van der Waals surface area contributed by atoms with Gasteiger partial charge in [0.2, 0.25) is 5.91 Å². The summed E-state index contributed by atoms with van der Waals surface area (Å²) in [6.45, 7) is 6.24. The van der Waals surface area contributed by atoms with Crippen molar-refractivity contribution in [3.8, 4) is 0 Å². The van der Waals surface area contributed by atoms with E-state index in [0.717, 1.165) is 24.5 Å². The van der Waals surface area contributed by atoms with Gasteiger partial charge in [0.15, 0.2) is 0 Å². The lowest BCUT2D eigenvalue weighted by Crippen LogP contribution is -2.23. The van der Waals surface area contributed by atoms with Crippen LogP contribution in [0.1, 0.15) is 13.8 Å². The molecule has 6 heteroatoms. The first-order valence-electron chi connectivity index (χ1n) is 7.87. The molecule has 0 aliphatic rings. The van der Waals surface area contributed by atoms with Gasteiger partial charge in [-0.05, 0) is 50.2 Å². The highest BCUT2D eigenvalue weighted by Gasteiger charge is 2.07. The Labute approximate surface area is 152 Å². The van der Waals surface area contributed by atoms with Gasteiger partial charge in [-0.15, -0.1) is 0 Å². The maximum atomic E-state index is 12.1. The summed E-state index contributed by atoms with van der Waals surface area (Å²) >= 11 is 12.0. The third-order valence-corrected chi connectivity index (χ3v) is 4.49. The molecule has 2 aromatic carbocycles. The van der Waals surface area contributed by atoms with E-state index in [1.165, 1.54) is 0 Å². The monoisotopic (exact) mass is 365 g/mol. The van der Waals surface area contributed by atoms with Gasteiger partial charge in [0.05, 0.1) is 22.3 Å². The van der Waals surface area contributed by atoms with Crippen LogP contribution in [0.25, 0.3) is 0 Å². The second-order valence-electron chi connectivity index (χ2n) is 5.22. The molecule has 0 saturated carbocycles. The van der Waals surface area contributed by atoms with Crippen molar-refractivity contribution < 1.29 is 4.79 Å². The van der Waals surface area contributed by atoms with Crippen LogP contribution >= 0.6 is 23.2 Å². The first kappa shape index (κ1) is 18.4. The second-order valence-corrected chi connectivity index (χ2v) is 6.01. The third kappa shape index (κ3) is 4.79. The maximum Gasteiger partial charge on any atom is 0.243 e. The SMILES string of the molecule is CCN(CC)c1ccc(NC(=O)CNc2cccc(Cl)c2Cl)cc1. The van der Waals surface area contributed by atoms with E-state index in [1.807, 2.05) is 24.3 Å². The fourth-order valence-electron chi connectivity index (χ4n) is 2.37. The summed E-state index contributed by atoms with van der Waals surface area (Å²) in [6, 6.07) is 13.1. The van der Waals surface area contributed by atoms with Crippen molar-refractivity contribution in [1.29, 1.82) is 0 Å². The Morgan fingerprint density at radius 2 is 1.71 bits per heavy atom. The van der Waals surface area contributed by atoms with E-state index in [0.29, 0.717) is 15.7 Å². The lowest BCUT2D eigenvalue weighted by Gasteiger charge is -2.21. The Morgan fingerprint density at radius 1 is 1.04 bits per heavy atom. The van der Waals surface area contributed by atoms with Crippen molar-refractivity contribution in [2.45, 2.75) is 13.8 Å². The Hall–Kier alpha value is -1.91. The van der Waals surface area contributed by atoms with E-state index < -0.39 is 0 Å². The summed E-state index contributed by atoms with van der Waals surface area (Å²) in [5.74, 6) is -0.151. The van der Waals surface area contributed by atoms with Gasteiger partial charge in [0, 0.05) is 24.5 Å². The average Bonchev–Trinajstić information content (AvgIpc) is 2.59. The van der Waals surface area contributed by atoms with Gasteiger partial charge in [-0.3, -0.25) is 4.79 Å². The first-order valence-corrected chi connectivity index (χ1v) is 8.63. The lowest BCUT2D eigenvalue weighted by atomic mass is 10.2. The molecule has 0 spiro atoms. The fraction of sp³-hybridized carbons (Fsp3) is 0.278. The van der Waals surface area contributed by atoms with E-state index in [2.05, 4.69) is 29.4 Å². The standard InChI is InChI=1S/C18H21Cl2N3O/c1-3-23(4-2)14-10-8-13(9-11-14)22-17(24)12-21-16-7-5-6-15(19)18(16)20/h5-11,21H,3-4,12H2,1-2H3,(H,22,24). The van der Waals surface area contributed by atoms with Crippen molar-refractivity contribution in [3.63, 3.8) is 0 Å². The molecule has 0 aromatic heterocycles. The summed E-state index contributed by atoms with van der Waals surface area (Å²) in [5.41, 5.74) is 2.54. The van der Waals surface area contributed by atoms with Crippen LogP contribution in [0.4, 0.5) is 17.1 Å². The number of carbonyl (C=O) groups excluding carboxylic acids is 1. The number of benzene rings is 2. The second kappa shape index (κ2) is 8.81. The van der Waals surface area contributed by atoms with Crippen LogP contribution in [-0.4, -0.2) is 25.5 Å². The molecule has 0 fully saturated rings. The molecule has 0 saturated heterocycles. The minimum Gasteiger partial charge on any atom is -0.375 e. The number of hydrogen-bond acceptors (Lipinski definition) is 3. The van der Waals surface area contributed by atoms with Crippen molar-refractivity contribution in [3.05, 3.63) is 52.5 Å². The zero-order chi connectivity index (χ0) is 17.5. The summed E-state index contributed by atoms with van der Waals surface area (Å²) in [7, 11) is 0. The minimum absolute atomic E-state index is 0.109. The molecule has 0 aliphatic heterocycles. The van der Waals surface area contributed by atoms with Gasteiger partial charge < -0.3 is 15.5 Å². The van der Waals surface area contributed by atoms with Crippen LogP contribution in [0, 0.1) is 0 Å². The number of anilines is 3. The van der Waals surface area contributed by atoms with E-state index in [1.54, 1.807) is 18.2 Å². The zero-order valence-corrected chi connectivity index (χ0v) is 15.3. The number of hydrogen-bond donors (Lipinski definition) is 2. The molecule has 2 aromatic rings. The van der Waals surface area contributed by atoms with E-state index in [9.17, 15) is 4.79 Å². The van der Waals surface area contributed by atoms with Crippen LogP contribution < -0.4 is 15.5 Å². The Bertz CT molecular complexity index is 685. The molecule has 24 heavy (non-hydrogen) atoms. The van der Waals surface area contributed by atoms with Gasteiger partial charge in [-0.25, -0.2) is 0 Å². The molecule has 1 amide bonds. The van der Waals surface area contributed by atoms with Gasteiger partial charge in [0.1, 0.15) is 0 Å².